The van der Waals surface area contributed by atoms with Crippen molar-refractivity contribution in [2.24, 2.45) is 10.4 Å². The van der Waals surface area contributed by atoms with Crippen LogP contribution in [-0.4, -0.2) is 30.5 Å². The molecule has 0 fully saturated rings. The minimum Gasteiger partial charge on any atom is -0.379 e. The minimum atomic E-state index is -0.334. The second kappa shape index (κ2) is 4.20. The number of nitrogens with zero attached hydrogens (tertiary/aromatic N) is 3. The Morgan fingerprint density at radius 3 is 3.16 bits per heavy atom. The molecule has 1 aliphatic carbocycles. The highest BCUT2D eigenvalue weighted by atomic mass is 16.1. The van der Waals surface area contributed by atoms with Gasteiger partial charge < -0.3 is 4.90 Å². The van der Waals surface area contributed by atoms with Crippen LogP contribution in [0.1, 0.15) is 19.3 Å². The Kier molecular flexibility index (Phi) is 2.63. The van der Waals surface area contributed by atoms with E-state index in [0.29, 0.717) is 6.42 Å². The van der Waals surface area contributed by atoms with Crippen molar-refractivity contribution in [3.8, 4) is 6.07 Å². The Bertz CT molecular complexity index is 603. The van der Waals surface area contributed by atoms with Crippen molar-refractivity contribution in [3.63, 3.8) is 0 Å². The maximum Gasteiger partial charge on any atom is 0.166 e. The number of nitriles is 1. The lowest BCUT2D eigenvalue weighted by molar-refractivity contribution is -0.115. The van der Waals surface area contributed by atoms with Gasteiger partial charge >= 0.3 is 0 Å². The summed E-state index contributed by atoms with van der Waals surface area (Å²) in [5, 5.41) is 8.84. The van der Waals surface area contributed by atoms with Gasteiger partial charge in [0, 0.05) is 49.8 Å². The molecule has 0 radical (unpaired) electrons. The summed E-state index contributed by atoms with van der Waals surface area (Å²) in [4.78, 5) is 18.8. The van der Waals surface area contributed by atoms with Crippen LogP contribution in [0.5, 0.6) is 0 Å². The van der Waals surface area contributed by atoms with E-state index in [1.165, 1.54) is 0 Å². The largest absolute Gasteiger partial charge is 0.379 e. The van der Waals surface area contributed by atoms with E-state index in [0.717, 1.165) is 36.2 Å². The van der Waals surface area contributed by atoms with Gasteiger partial charge in [-0.15, -0.1) is 0 Å². The fourth-order valence-corrected chi connectivity index (χ4v) is 3.30. The lowest BCUT2D eigenvalue weighted by Gasteiger charge is -2.35. The van der Waals surface area contributed by atoms with Crippen LogP contribution in [0.4, 0.5) is 0 Å². The van der Waals surface area contributed by atoms with E-state index in [1.54, 1.807) is 12.3 Å². The van der Waals surface area contributed by atoms with Gasteiger partial charge in [0.05, 0.1) is 11.5 Å². The van der Waals surface area contributed by atoms with Gasteiger partial charge in [0.25, 0.3) is 0 Å². The molecule has 3 aliphatic rings. The molecule has 2 heterocycles. The highest BCUT2D eigenvalue weighted by Crippen LogP contribution is 2.50. The molecular formula is C15H15N3O. The van der Waals surface area contributed by atoms with Crippen LogP contribution in [0.25, 0.3) is 0 Å². The third kappa shape index (κ3) is 1.74. The molecule has 0 saturated carbocycles. The van der Waals surface area contributed by atoms with Gasteiger partial charge in [-0.2, -0.15) is 5.26 Å². The van der Waals surface area contributed by atoms with E-state index in [2.05, 4.69) is 22.0 Å². The van der Waals surface area contributed by atoms with Gasteiger partial charge in [-0.3, -0.25) is 9.79 Å². The molecule has 1 spiro atoms. The van der Waals surface area contributed by atoms with Gasteiger partial charge in [0.15, 0.2) is 5.78 Å². The zero-order valence-electron chi connectivity index (χ0n) is 10.9. The summed E-state index contributed by atoms with van der Waals surface area (Å²) in [6.45, 7) is 0.764. The standard InChI is InChI=1S/C15H15N3O/c1-18-9-12-13(19)5-7-17-14-3-2-11(4-6-16)8-15(12,14)10-18/h3-4,7,9H,2,5,8,10H2,1H3. The highest BCUT2D eigenvalue weighted by molar-refractivity contribution is 6.06. The van der Waals surface area contributed by atoms with Crippen molar-refractivity contribution in [3.05, 3.63) is 35.2 Å². The number of hydrogen-bond acceptors (Lipinski definition) is 4. The van der Waals surface area contributed by atoms with Gasteiger partial charge in [0.1, 0.15) is 0 Å². The fraction of sp³-hybridized carbons (Fsp3) is 0.400. The first kappa shape index (κ1) is 11.9. The molecule has 0 aromatic heterocycles. The van der Waals surface area contributed by atoms with Crippen molar-refractivity contribution in [2.45, 2.75) is 19.3 Å². The molecule has 0 N–H and O–H groups in total. The first-order valence-corrected chi connectivity index (χ1v) is 6.42. The molecule has 3 rings (SSSR count). The second-order valence-corrected chi connectivity index (χ2v) is 5.38. The normalized spacial score (nSPS) is 31.3. The third-order valence-corrected chi connectivity index (χ3v) is 4.04. The van der Waals surface area contributed by atoms with Crippen LogP contribution in [0, 0.1) is 16.7 Å². The van der Waals surface area contributed by atoms with Gasteiger partial charge in [0.2, 0.25) is 0 Å². The van der Waals surface area contributed by atoms with Crippen LogP contribution in [0.15, 0.2) is 40.2 Å². The second-order valence-electron chi connectivity index (χ2n) is 5.38. The quantitative estimate of drug-likeness (QED) is 0.620. The van der Waals surface area contributed by atoms with Crippen LogP contribution in [-0.2, 0) is 4.79 Å². The number of rotatable bonds is 0. The van der Waals surface area contributed by atoms with Crippen molar-refractivity contribution in [1.82, 2.24) is 4.90 Å². The van der Waals surface area contributed by atoms with Crippen LogP contribution >= 0.6 is 0 Å². The Morgan fingerprint density at radius 2 is 2.37 bits per heavy atom. The molecule has 0 aromatic carbocycles. The maximum absolute atomic E-state index is 12.3. The number of ketones is 1. The number of allylic oxidation sites excluding steroid dienone is 3. The van der Waals surface area contributed by atoms with Crippen LogP contribution in [0.2, 0.25) is 0 Å². The fourth-order valence-electron chi connectivity index (χ4n) is 3.30. The predicted molar refractivity (Wildman–Crippen MR) is 72.3 cm³/mol. The molecule has 1 unspecified atom stereocenters. The highest BCUT2D eigenvalue weighted by Gasteiger charge is 2.48. The number of aliphatic imine (C=N–C) groups is 1. The average molecular weight is 253 g/mol. The van der Waals surface area contributed by atoms with Gasteiger partial charge in [-0.05, 0) is 12.8 Å². The summed E-state index contributed by atoms with van der Waals surface area (Å²) in [5.41, 5.74) is 2.59. The molecule has 1 atom stereocenters. The van der Waals surface area contributed by atoms with Gasteiger partial charge in [-0.1, -0.05) is 11.6 Å². The van der Waals surface area contributed by atoms with Gasteiger partial charge in [-0.25, -0.2) is 0 Å². The van der Waals surface area contributed by atoms with E-state index >= 15 is 0 Å². The van der Waals surface area contributed by atoms with Crippen LogP contribution in [0.3, 0.4) is 0 Å². The maximum atomic E-state index is 12.3. The molecule has 96 valence electrons. The number of Topliss-reactive ketones (excluding diaryl/α,β-unsaturated/α-hetero) is 1. The molecular weight excluding hydrogens is 238 g/mol. The van der Waals surface area contributed by atoms with Crippen LogP contribution < -0.4 is 0 Å². The number of hydrogen-bond donors (Lipinski definition) is 0. The number of carbonyl (C=O) groups excluding carboxylic acids is 1. The van der Waals surface area contributed by atoms with E-state index in [1.807, 2.05) is 13.2 Å². The Morgan fingerprint density at radius 1 is 1.53 bits per heavy atom. The zero-order valence-corrected chi connectivity index (χ0v) is 10.9. The molecule has 0 amide bonds. The van der Waals surface area contributed by atoms with Crippen molar-refractivity contribution < 1.29 is 4.79 Å². The molecule has 19 heavy (non-hydrogen) atoms. The van der Waals surface area contributed by atoms with Crippen molar-refractivity contribution in [2.75, 3.05) is 13.6 Å². The average Bonchev–Trinajstić information content (AvgIpc) is 2.63. The Labute approximate surface area is 112 Å². The van der Waals surface area contributed by atoms with E-state index in [4.69, 9.17) is 5.26 Å². The molecule has 0 bridgehead atoms. The Balaban J connectivity index is 2.14. The minimum absolute atomic E-state index is 0.148. The first-order chi connectivity index (χ1) is 9.15. The summed E-state index contributed by atoms with van der Waals surface area (Å²) in [5.74, 6) is 0.148. The third-order valence-electron chi connectivity index (χ3n) is 4.04. The van der Waals surface area contributed by atoms with E-state index < -0.39 is 0 Å². The summed E-state index contributed by atoms with van der Waals surface area (Å²) >= 11 is 0. The molecule has 4 heteroatoms. The lowest BCUT2D eigenvalue weighted by Crippen LogP contribution is -2.34. The topological polar surface area (TPSA) is 56.5 Å². The Hall–Kier alpha value is -2.15. The zero-order chi connectivity index (χ0) is 13.5. The summed E-state index contributed by atoms with van der Waals surface area (Å²) in [6.07, 6.45) is 9.19. The molecule has 2 aliphatic heterocycles. The SMILES string of the molecule is CN1C=C2C(=O)CC=NC3=CCC(=CC#N)CC32C1. The number of carbonyl (C=O) groups is 1. The van der Waals surface area contributed by atoms with Crippen molar-refractivity contribution >= 4 is 12.0 Å². The monoisotopic (exact) mass is 253 g/mol. The van der Waals surface area contributed by atoms with Crippen molar-refractivity contribution in [1.29, 1.82) is 5.26 Å². The van der Waals surface area contributed by atoms with E-state index in [-0.39, 0.29) is 11.2 Å². The first-order valence-electron chi connectivity index (χ1n) is 6.42. The molecule has 0 aromatic rings. The molecule has 0 saturated heterocycles. The molecule has 4 nitrogen and oxygen atoms in total. The lowest BCUT2D eigenvalue weighted by atomic mass is 9.69. The van der Waals surface area contributed by atoms with E-state index in [9.17, 15) is 4.79 Å². The summed E-state index contributed by atoms with van der Waals surface area (Å²) < 4.78 is 0. The predicted octanol–water partition coefficient (Wildman–Crippen LogP) is 1.97. The summed E-state index contributed by atoms with van der Waals surface area (Å²) in [6, 6.07) is 2.10. The summed E-state index contributed by atoms with van der Waals surface area (Å²) in [7, 11) is 1.98. The smallest absolute Gasteiger partial charge is 0.166 e.